The van der Waals surface area contributed by atoms with Crippen LogP contribution in [0, 0.1) is 0 Å². The molecule has 1 N–H and O–H groups in total. The lowest BCUT2D eigenvalue weighted by Crippen LogP contribution is -2.66. The molecular formula is C18H26FN5O3S. The number of sulfone groups is 1. The lowest BCUT2D eigenvalue weighted by atomic mass is 9.87. The number of anilines is 2. The number of hydrogen-bond acceptors (Lipinski definition) is 7. The summed E-state index contributed by atoms with van der Waals surface area (Å²) in [6.07, 6.45) is 1.27. The molecule has 0 aromatic carbocycles. The molecule has 0 spiro atoms. The maximum atomic E-state index is 14.8. The molecule has 1 unspecified atom stereocenters. The van der Waals surface area contributed by atoms with Crippen molar-refractivity contribution in [2.45, 2.75) is 56.6 Å². The number of piperazine rings is 1. The van der Waals surface area contributed by atoms with Crippen molar-refractivity contribution >= 4 is 27.4 Å². The number of fused-ring (bicyclic) bond motifs is 1. The second kappa shape index (κ2) is 6.01. The minimum atomic E-state index is -4.00. The van der Waals surface area contributed by atoms with E-state index in [1.807, 2.05) is 13.8 Å². The maximum absolute atomic E-state index is 14.8. The summed E-state index contributed by atoms with van der Waals surface area (Å²) in [6, 6.07) is -0.475. The van der Waals surface area contributed by atoms with Crippen LogP contribution in [0.4, 0.5) is 16.0 Å². The van der Waals surface area contributed by atoms with Crippen LogP contribution in [0.5, 0.6) is 0 Å². The van der Waals surface area contributed by atoms with Crippen LogP contribution in [0.15, 0.2) is 6.33 Å². The first kappa shape index (κ1) is 19.4. The van der Waals surface area contributed by atoms with E-state index in [0.29, 0.717) is 6.54 Å². The Kier molecular flexibility index (Phi) is 4.16. The van der Waals surface area contributed by atoms with E-state index in [2.05, 4.69) is 34.0 Å². The number of rotatable bonds is 2. The molecule has 2 saturated heterocycles. The highest BCUT2D eigenvalue weighted by Crippen LogP contribution is 2.42. The van der Waals surface area contributed by atoms with Gasteiger partial charge in [-0.2, -0.15) is 0 Å². The van der Waals surface area contributed by atoms with E-state index < -0.39 is 20.7 Å². The molecule has 4 heterocycles. The topological polar surface area (TPSA) is 95.5 Å². The van der Waals surface area contributed by atoms with Gasteiger partial charge in [-0.1, -0.05) is 13.8 Å². The number of hydrogen-bond donors (Lipinski definition) is 1. The number of nitrogens with zero attached hydrogens (tertiary/aromatic N) is 4. The van der Waals surface area contributed by atoms with Crippen LogP contribution in [0.2, 0.25) is 0 Å². The number of alkyl halides is 1. The van der Waals surface area contributed by atoms with Crippen LogP contribution in [0.25, 0.3) is 0 Å². The molecule has 8 nitrogen and oxygen atoms in total. The minimum Gasteiger partial charge on any atom is -0.369 e. The van der Waals surface area contributed by atoms with Gasteiger partial charge in [0.2, 0.25) is 0 Å². The van der Waals surface area contributed by atoms with Gasteiger partial charge in [0.25, 0.3) is 10.9 Å². The van der Waals surface area contributed by atoms with Crippen LogP contribution in [0.3, 0.4) is 0 Å². The smallest absolute Gasteiger partial charge is 0.288 e. The second-order valence-electron chi connectivity index (χ2n) is 8.76. The average Bonchev–Trinajstić information content (AvgIpc) is 2.96. The van der Waals surface area contributed by atoms with E-state index in [0.717, 1.165) is 23.7 Å². The quantitative estimate of drug-likeness (QED) is 0.778. The van der Waals surface area contributed by atoms with Crippen molar-refractivity contribution in [3.63, 3.8) is 0 Å². The molecule has 0 radical (unpaired) electrons. The summed E-state index contributed by atoms with van der Waals surface area (Å²) in [6.45, 7) is 9.46. The number of carbonyl (C=O) groups excluding carboxylic acids is 1. The molecule has 0 aliphatic carbocycles. The van der Waals surface area contributed by atoms with E-state index in [-0.39, 0.29) is 36.2 Å². The van der Waals surface area contributed by atoms with Crippen LogP contribution in [-0.4, -0.2) is 71.7 Å². The molecule has 154 valence electrons. The highest BCUT2D eigenvalue weighted by molar-refractivity contribution is 7.94. The van der Waals surface area contributed by atoms with Crippen LogP contribution < -0.4 is 10.2 Å². The third-order valence-corrected chi connectivity index (χ3v) is 8.33. The van der Waals surface area contributed by atoms with E-state index in [4.69, 9.17) is 0 Å². The lowest BCUT2D eigenvalue weighted by molar-refractivity contribution is -0.142. The van der Waals surface area contributed by atoms with Gasteiger partial charge in [-0.3, -0.25) is 4.79 Å². The fourth-order valence-electron chi connectivity index (χ4n) is 4.35. The van der Waals surface area contributed by atoms with Crippen molar-refractivity contribution in [3.05, 3.63) is 11.9 Å². The molecule has 28 heavy (non-hydrogen) atoms. The molecule has 0 bridgehead atoms. The summed E-state index contributed by atoms with van der Waals surface area (Å²) in [5.41, 5.74) is 0.905. The predicted molar refractivity (Wildman–Crippen MR) is 104 cm³/mol. The molecule has 10 heteroatoms. The van der Waals surface area contributed by atoms with Gasteiger partial charge >= 0.3 is 0 Å². The first-order chi connectivity index (χ1) is 13.0. The Morgan fingerprint density at radius 3 is 2.57 bits per heavy atom. The molecule has 2 fully saturated rings. The van der Waals surface area contributed by atoms with Crippen molar-refractivity contribution in [1.82, 2.24) is 14.9 Å². The van der Waals surface area contributed by atoms with Crippen molar-refractivity contribution in [2.24, 2.45) is 0 Å². The van der Waals surface area contributed by atoms with E-state index in [1.54, 1.807) is 0 Å². The van der Waals surface area contributed by atoms with E-state index in [9.17, 15) is 17.6 Å². The predicted octanol–water partition coefficient (Wildman–Crippen LogP) is 1.09. The Morgan fingerprint density at radius 1 is 1.25 bits per heavy atom. The standard InChI is InChI=1S/C18H26FN5O3S/c1-11-8-24(16(25)18(19)5-6-28(18,26)27)12(2)7-23(11)15-13-14(21-10-22-15)20-9-17(13,3)4/h10-12H,5-9H2,1-4H3,(H,20,21,22)/t11-,12+,18?/m0/s1. The summed E-state index contributed by atoms with van der Waals surface area (Å²) in [5.74, 6) is 0.441. The van der Waals surface area contributed by atoms with Crippen LogP contribution >= 0.6 is 0 Å². The fraction of sp³-hybridized carbons (Fsp3) is 0.722. The molecule has 0 saturated carbocycles. The first-order valence-electron chi connectivity index (χ1n) is 9.56. The fourth-order valence-corrected chi connectivity index (χ4v) is 5.63. The molecule has 3 aliphatic heterocycles. The van der Waals surface area contributed by atoms with Gasteiger partial charge < -0.3 is 15.1 Å². The Hall–Kier alpha value is -1.97. The van der Waals surface area contributed by atoms with Crippen LogP contribution in [0.1, 0.15) is 39.7 Å². The zero-order valence-electron chi connectivity index (χ0n) is 16.6. The van der Waals surface area contributed by atoms with Crippen molar-refractivity contribution in [2.75, 3.05) is 35.6 Å². The largest absolute Gasteiger partial charge is 0.369 e. The van der Waals surface area contributed by atoms with Gasteiger partial charge in [-0.05, 0) is 13.8 Å². The summed E-state index contributed by atoms with van der Waals surface area (Å²) < 4.78 is 38.5. The SMILES string of the molecule is C[C@@H]1CN(c2ncnc3c2C(C)(C)CN3)[C@@H](C)CN1C(=O)C1(F)CCS1(=O)=O. The van der Waals surface area contributed by atoms with Crippen molar-refractivity contribution in [3.8, 4) is 0 Å². The van der Waals surface area contributed by atoms with Gasteiger partial charge in [0.05, 0.1) is 5.75 Å². The first-order valence-corrected chi connectivity index (χ1v) is 11.2. The molecule has 1 aromatic heterocycles. The van der Waals surface area contributed by atoms with Crippen molar-refractivity contribution in [1.29, 1.82) is 0 Å². The van der Waals surface area contributed by atoms with Gasteiger partial charge in [-0.15, -0.1) is 0 Å². The van der Waals surface area contributed by atoms with Crippen LogP contribution in [-0.2, 0) is 20.0 Å². The van der Waals surface area contributed by atoms with E-state index >= 15 is 0 Å². The van der Waals surface area contributed by atoms with Gasteiger partial charge in [-0.25, -0.2) is 22.8 Å². The Balaban J connectivity index is 1.61. The van der Waals surface area contributed by atoms with Crippen molar-refractivity contribution < 1.29 is 17.6 Å². The Morgan fingerprint density at radius 2 is 1.96 bits per heavy atom. The maximum Gasteiger partial charge on any atom is 0.288 e. The number of carbonyl (C=O) groups is 1. The highest BCUT2D eigenvalue weighted by atomic mass is 32.2. The Bertz CT molecular complexity index is 937. The minimum absolute atomic E-state index is 0.134. The molecule has 3 atom stereocenters. The zero-order valence-corrected chi connectivity index (χ0v) is 17.4. The summed E-state index contributed by atoms with van der Waals surface area (Å²) in [7, 11) is -4.00. The van der Waals surface area contributed by atoms with Gasteiger partial charge in [0.1, 0.15) is 18.0 Å². The number of amides is 1. The number of halogens is 1. The molecular weight excluding hydrogens is 385 g/mol. The second-order valence-corrected chi connectivity index (χ2v) is 11.0. The molecule has 1 aromatic rings. The average molecular weight is 412 g/mol. The third kappa shape index (κ3) is 2.60. The Labute approximate surface area is 164 Å². The molecule has 3 aliphatic rings. The van der Waals surface area contributed by atoms with E-state index in [1.165, 1.54) is 11.2 Å². The molecule has 4 rings (SSSR count). The molecule has 1 amide bonds. The van der Waals surface area contributed by atoms with Gasteiger partial charge in [0.15, 0.2) is 9.84 Å². The summed E-state index contributed by atoms with van der Waals surface area (Å²) in [4.78, 5) is 25.1. The third-order valence-electron chi connectivity index (χ3n) is 6.23. The monoisotopic (exact) mass is 411 g/mol. The van der Waals surface area contributed by atoms with Gasteiger partial charge in [0, 0.05) is 49.1 Å². The zero-order chi connectivity index (χ0) is 20.5. The highest BCUT2D eigenvalue weighted by Gasteiger charge is 2.61. The number of aromatic nitrogens is 2. The summed E-state index contributed by atoms with van der Waals surface area (Å²) in [5, 5.41) is 0.550. The lowest BCUT2D eigenvalue weighted by Gasteiger charge is -2.47. The summed E-state index contributed by atoms with van der Waals surface area (Å²) >= 11 is 0. The normalized spacial score (nSPS) is 33.0. The number of nitrogens with one attached hydrogen (secondary N) is 1.